The van der Waals surface area contributed by atoms with Gasteiger partial charge in [-0.1, -0.05) is 23.2 Å². The average molecular weight is 406 g/mol. The first-order valence-electron chi connectivity index (χ1n) is 8.51. The van der Waals surface area contributed by atoms with Crippen molar-refractivity contribution in [2.75, 3.05) is 6.61 Å². The molecule has 0 spiro atoms. The molecule has 2 N–H and O–H groups in total. The number of nitrogens with zero attached hydrogens (tertiary/aromatic N) is 2. The molecule has 2 aromatic carbocycles. The van der Waals surface area contributed by atoms with Crippen LogP contribution in [0.3, 0.4) is 0 Å². The smallest absolute Gasteiger partial charge is 0.203 e. The number of halogens is 2. The Balaban J connectivity index is 1.63. The summed E-state index contributed by atoms with van der Waals surface area (Å²) in [4.78, 5) is 4.19. The summed E-state index contributed by atoms with van der Waals surface area (Å²) in [6.45, 7) is 0.431. The Bertz CT molecular complexity index is 918. The zero-order valence-corrected chi connectivity index (χ0v) is 15.7. The molecule has 8 heteroatoms. The van der Waals surface area contributed by atoms with E-state index in [9.17, 15) is 5.11 Å². The SMILES string of the molecule is OC1(c2ccc(Oc3ccc(Cl)cc3)cc2Cl)OCCCC1c1ncn[nH]1. The molecule has 0 saturated carbocycles. The number of aromatic amines is 1. The summed E-state index contributed by atoms with van der Waals surface area (Å²) in [5, 5.41) is 19.0. The first-order valence-corrected chi connectivity index (χ1v) is 9.27. The van der Waals surface area contributed by atoms with E-state index < -0.39 is 11.7 Å². The molecule has 1 saturated heterocycles. The summed E-state index contributed by atoms with van der Waals surface area (Å²) in [7, 11) is 0. The van der Waals surface area contributed by atoms with Crippen LogP contribution in [0.1, 0.15) is 30.1 Å². The van der Waals surface area contributed by atoms with Crippen LogP contribution in [-0.2, 0) is 10.5 Å². The summed E-state index contributed by atoms with van der Waals surface area (Å²) in [5.74, 6) is -0.241. The largest absolute Gasteiger partial charge is 0.457 e. The fourth-order valence-corrected chi connectivity index (χ4v) is 3.70. The highest BCUT2D eigenvalue weighted by Gasteiger charge is 2.45. The van der Waals surface area contributed by atoms with Gasteiger partial charge < -0.3 is 14.6 Å². The molecular formula is C19H17Cl2N3O3. The molecule has 4 rings (SSSR count). The van der Waals surface area contributed by atoms with Crippen LogP contribution in [0.2, 0.25) is 10.0 Å². The fraction of sp³-hybridized carbons (Fsp3) is 0.263. The van der Waals surface area contributed by atoms with E-state index in [1.54, 1.807) is 42.5 Å². The van der Waals surface area contributed by atoms with Crippen molar-refractivity contribution in [1.29, 1.82) is 0 Å². The van der Waals surface area contributed by atoms with Gasteiger partial charge in [-0.25, -0.2) is 4.98 Å². The van der Waals surface area contributed by atoms with Gasteiger partial charge in [-0.2, -0.15) is 5.10 Å². The minimum atomic E-state index is -1.59. The molecule has 0 amide bonds. The Labute approximate surface area is 166 Å². The topological polar surface area (TPSA) is 80.3 Å². The normalized spacial score (nSPS) is 22.6. The third kappa shape index (κ3) is 3.66. The van der Waals surface area contributed by atoms with Crippen molar-refractivity contribution in [2.45, 2.75) is 24.5 Å². The van der Waals surface area contributed by atoms with Crippen LogP contribution in [0.25, 0.3) is 0 Å². The molecule has 1 fully saturated rings. The third-order valence-electron chi connectivity index (χ3n) is 4.57. The van der Waals surface area contributed by atoms with E-state index in [2.05, 4.69) is 15.2 Å². The monoisotopic (exact) mass is 405 g/mol. The van der Waals surface area contributed by atoms with E-state index in [0.717, 1.165) is 6.42 Å². The molecule has 1 aliphatic rings. The zero-order chi connectivity index (χ0) is 18.9. The average Bonchev–Trinajstić information content (AvgIpc) is 3.18. The maximum absolute atomic E-state index is 11.3. The van der Waals surface area contributed by atoms with E-state index in [0.29, 0.717) is 46.0 Å². The minimum absolute atomic E-state index is 0.343. The van der Waals surface area contributed by atoms with Crippen LogP contribution >= 0.6 is 23.2 Å². The maximum Gasteiger partial charge on any atom is 0.203 e. The summed E-state index contributed by atoms with van der Waals surface area (Å²) in [6, 6.07) is 12.1. The predicted molar refractivity (Wildman–Crippen MR) is 101 cm³/mol. The van der Waals surface area contributed by atoms with Crippen molar-refractivity contribution in [3.63, 3.8) is 0 Å². The molecular weight excluding hydrogens is 389 g/mol. The number of hydrogen-bond acceptors (Lipinski definition) is 5. The molecule has 2 unspecified atom stereocenters. The molecule has 0 aliphatic carbocycles. The Morgan fingerprint density at radius 3 is 2.63 bits per heavy atom. The Morgan fingerprint density at radius 2 is 1.93 bits per heavy atom. The molecule has 6 nitrogen and oxygen atoms in total. The van der Waals surface area contributed by atoms with E-state index in [1.807, 2.05) is 0 Å². The van der Waals surface area contributed by atoms with Gasteiger partial charge in [0.1, 0.15) is 23.7 Å². The number of aromatic nitrogens is 3. The molecule has 0 bridgehead atoms. The van der Waals surface area contributed by atoms with Gasteiger partial charge in [0, 0.05) is 10.6 Å². The third-order valence-corrected chi connectivity index (χ3v) is 5.14. The number of H-pyrrole nitrogens is 1. The second-order valence-corrected chi connectivity index (χ2v) is 7.15. The van der Waals surface area contributed by atoms with Gasteiger partial charge in [0.05, 0.1) is 17.5 Å². The molecule has 3 aromatic rings. The van der Waals surface area contributed by atoms with Crippen molar-refractivity contribution >= 4 is 23.2 Å². The first-order chi connectivity index (χ1) is 13.1. The molecule has 1 aromatic heterocycles. The van der Waals surface area contributed by atoms with Crippen molar-refractivity contribution in [3.05, 3.63) is 70.2 Å². The Hall–Kier alpha value is -2.12. The maximum atomic E-state index is 11.3. The highest BCUT2D eigenvalue weighted by Crippen LogP contribution is 2.46. The second kappa shape index (κ2) is 7.48. The molecule has 140 valence electrons. The number of nitrogens with one attached hydrogen (secondary N) is 1. The van der Waals surface area contributed by atoms with Crippen molar-refractivity contribution in [2.24, 2.45) is 0 Å². The summed E-state index contributed by atoms with van der Waals surface area (Å²) in [5.41, 5.74) is 0.466. The number of aliphatic hydroxyl groups is 1. The Morgan fingerprint density at radius 1 is 1.15 bits per heavy atom. The highest BCUT2D eigenvalue weighted by atomic mass is 35.5. The van der Waals surface area contributed by atoms with Gasteiger partial charge in [-0.15, -0.1) is 0 Å². The van der Waals surface area contributed by atoms with Gasteiger partial charge >= 0.3 is 0 Å². The van der Waals surface area contributed by atoms with Crippen molar-refractivity contribution in [3.8, 4) is 11.5 Å². The van der Waals surface area contributed by atoms with Crippen LogP contribution in [0, 0.1) is 0 Å². The van der Waals surface area contributed by atoms with Crippen LogP contribution in [0.15, 0.2) is 48.8 Å². The molecule has 2 heterocycles. The van der Waals surface area contributed by atoms with E-state index in [-0.39, 0.29) is 0 Å². The molecule has 1 aliphatic heterocycles. The van der Waals surface area contributed by atoms with Gasteiger partial charge in [0.2, 0.25) is 5.79 Å². The lowest BCUT2D eigenvalue weighted by molar-refractivity contribution is -0.248. The number of hydrogen-bond donors (Lipinski definition) is 2. The van der Waals surface area contributed by atoms with Crippen LogP contribution in [0.5, 0.6) is 11.5 Å². The fourth-order valence-electron chi connectivity index (χ4n) is 3.27. The summed E-state index contributed by atoms with van der Waals surface area (Å²) < 4.78 is 11.6. The molecule has 27 heavy (non-hydrogen) atoms. The van der Waals surface area contributed by atoms with Crippen molar-refractivity contribution < 1.29 is 14.6 Å². The van der Waals surface area contributed by atoms with E-state index in [1.165, 1.54) is 6.33 Å². The predicted octanol–water partition coefficient (Wildman–Crippen LogP) is 4.64. The van der Waals surface area contributed by atoms with E-state index in [4.69, 9.17) is 32.7 Å². The van der Waals surface area contributed by atoms with Crippen LogP contribution in [-0.4, -0.2) is 26.9 Å². The number of rotatable bonds is 4. The molecule has 2 atom stereocenters. The zero-order valence-electron chi connectivity index (χ0n) is 14.2. The first kappa shape index (κ1) is 18.3. The lowest BCUT2D eigenvalue weighted by Gasteiger charge is -2.39. The highest BCUT2D eigenvalue weighted by molar-refractivity contribution is 6.31. The lowest BCUT2D eigenvalue weighted by Crippen LogP contribution is -2.41. The number of ether oxygens (including phenoxy) is 2. The van der Waals surface area contributed by atoms with Gasteiger partial charge in [-0.05, 0) is 55.3 Å². The van der Waals surface area contributed by atoms with Crippen LogP contribution in [0.4, 0.5) is 0 Å². The number of benzene rings is 2. The second-order valence-electron chi connectivity index (χ2n) is 6.31. The van der Waals surface area contributed by atoms with Crippen LogP contribution < -0.4 is 4.74 Å². The summed E-state index contributed by atoms with van der Waals surface area (Å²) >= 11 is 12.4. The minimum Gasteiger partial charge on any atom is -0.457 e. The van der Waals surface area contributed by atoms with Gasteiger partial charge in [0.25, 0.3) is 0 Å². The lowest BCUT2D eigenvalue weighted by atomic mass is 9.85. The Kier molecular flexibility index (Phi) is 5.06. The summed E-state index contributed by atoms with van der Waals surface area (Å²) in [6.07, 6.45) is 2.92. The standard InChI is InChI=1S/C19H17Cl2N3O3/c20-12-3-5-13(6-4-12)27-14-7-8-15(17(21)10-14)19(25)16(2-1-9-26-19)18-22-11-23-24-18/h3-8,10-11,16,25H,1-2,9H2,(H,22,23,24). The quantitative estimate of drug-likeness (QED) is 0.660. The van der Waals surface area contributed by atoms with Gasteiger partial charge in [-0.3, -0.25) is 5.10 Å². The van der Waals surface area contributed by atoms with Crippen molar-refractivity contribution in [1.82, 2.24) is 15.2 Å². The van der Waals surface area contributed by atoms with Gasteiger partial charge in [0.15, 0.2) is 0 Å². The van der Waals surface area contributed by atoms with E-state index >= 15 is 0 Å². The molecule has 0 radical (unpaired) electrons.